The highest BCUT2D eigenvalue weighted by Crippen LogP contribution is 2.19. The molecule has 1 heterocycles. The second-order valence-electron chi connectivity index (χ2n) is 7.57. The summed E-state index contributed by atoms with van der Waals surface area (Å²) in [6.07, 6.45) is 1.44. The summed E-state index contributed by atoms with van der Waals surface area (Å²) in [7, 11) is 1.63. The minimum absolute atomic E-state index is 0.0532. The number of aliphatic hydroxyl groups excluding tert-OH is 1. The van der Waals surface area contributed by atoms with Crippen LogP contribution < -0.4 is 21.1 Å². The van der Waals surface area contributed by atoms with Crippen LogP contribution in [0.1, 0.15) is 34.3 Å². The lowest BCUT2D eigenvalue weighted by Crippen LogP contribution is -2.47. The Hall–Kier alpha value is -2.61. The summed E-state index contributed by atoms with van der Waals surface area (Å²) in [6.45, 7) is 1.87. The number of amides is 1. The lowest BCUT2D eigenvalue weighted by atomic mass is 10.00. The summed E-state index contributed by atoms with van der Waals surface area (Å²) >= 11 is 0. The van der Waals surface area contributed by atoms with Gasteiger partial charge in [0, 0.05) is 31.5 Å². The van der Waals surface area contributed by atoms with Gasteiger partial charge in [-0.25, -0.2) is 0 Å². The van der Waals surface area contributed by atoms with E-state index in [0.717, 1.165) is 42.0 Å². The van der Waals surface area contributed by atoms with Crippen LogP contribution in [0.3, 0.4) is 0 Å². The number of benzene rings is 2. The highest BCUT2D eigenvalue weighted by molar-refractivity contribution is 5.95. The number of aliphatic hydroxyl groups is 1. The van der Waals surface area contributed by atoms with E-state index in [4.69, 9.17) is 15.2 Å². The molecule has 0 saturated heterocycles. The Kier molecular flexibility index (Phi) is 8.07. The molecule has 1 amide bonds. The molecule has 7 heteroatoms. The van der Waals surface area contributed by atoms with Gasteiger partial charge in [-0.2, -0.15) is 0 Å². The van der Waals surface area contributed by atoms with Crippen LogP contribution in [0.25, 0.3) is 0 Å². The SMILES string of the molecule is COCc1cc2cc(c1)C(=O)N[C@H]([C@H](O)CN)Cc1cccc(c1)OCCCCN2. The highest BCUT2D eigenvalue weighted by Gasteiger charge is 2.22. The van der Waals surface area contributed by atoms with E-state index in [2.05, 4.69) is 10.6 Å². The van der Waals surface area contributed by atoms with Gasteiger partial charge in [-0.05, 0) is 60.7 Å². The van der Waals surface area contributed by atoms with Gasteiger partial charge in [-0.3, -0.25) is 4.79 Å². The summed E-state index contributed by atoms with van der Waals surface area (Å²) < 4.78 is 11.1. The third kappa shape index (κ3) is 6.19. The van der Waals surface area contributed by atoms with Crippen LogP contribution in [-0.2, 0) is 17.8 Å². The average molecular weight is 414 g/mol. The maximum atomic E-state index is 13.0. The number of anilines is 1. The first-order chi connectivity index (χ1) is 14.6. The number of carbonyl (C=O) groups is 1. The van der Waals surface area contributed by atoms with Crippen molar-refractivity contribution in [1.29, 1.82) is 0 Å². The maximum Gasteiger partial charge on any atom is 0.251 e. The van der Waals surface area contributed by atoms with Crippen molar-refractivity contribution in [3.05, 3.63) is 59.2 Å². The first kappa shape index (κ1) is 22.1. The van der Waals surface area contributed by atoms with Crippen LogP contribution in [0.5, 0.6) is 5.75 Å². The van der Waals surface area contributed by atoms with Gasteiger partial charge in [0.15, 0.2) is 0 Å². The van der Waals surface area contributed by atoms with Gasteiger partial charge < -0.3 is 30.9 Å². The molecule has 5 N–H and O–H groups in total. The van der Waals surface area contributed by atoms with Crippen molar-refractivity contribution in [3.8, 4) is 5.75 Å². The van der Waals surface area contributed by atoms with E-state index in [1.165, 1.54) is 0 Å². The monoisotopic (exact) mass is 413 g/mol. The van der Waals surface area contributed by atoms with Gasteiger partial charge in [-0.15, -0.1) is 0 Å². The van der Waals surface area contributed by atoms with Gasteiger partial charge in [0.2, 0.25) is 0 Å². The molecule has 0 fully saturated rings. The Balaban J connectivity index is 1.91. The number of methoxy groups -OCH3 is 1. The fourth-order valence-corrected chi connectivity index (χ4v) is 3.54. The molecule has 0 radical (unpaired) electrons. The molecule has 4 bridgehead atoms. The Labute approximate surface area is 177 Å². The molecule has 2 aromatic carbocycles. The van der Waals surface area contributed by atoms with Gasteiger partial charge in [0.05, 0.1) is 25.4 Å². The largest absolute Gasteiger partial charge is 0.494 e. The second-order valence-corrected chi connectivity index (χ2v) is 7.57. The van der Waals surface area contributed by atoms with Crippen LogP contribution in [-0.4, -0.2) is 50.0 Å². The summed E-state index contributed by atoms with van der Waals surface area (Å²) in [5, 5.41) is 16.8. The van der Waals surface area contributed by atoms with E-state index >= 15 is 0 Å². The number of rotatable bonds is 4. The Bertz CT molecular complexity index is 843. The molecule has 2 atom stereocenters. The molecule has 1 aliphatic heterocycles. The lowest BCUT2D eigenvalue weighted by molar-refractivity contribution is 0.0845. The van der Waals surface area contributed by atoms with Crippen molar-refractivity contribution in [2.75, 3.05) is 32.1 Å². The Morgan fingerprint density at radius 3 is 2.93 bits per heavy atom. The smallest absolute Gasteiger partial charge is 0.251 e. The summed E-state index contributed by atoms with van der Waals surface area (Å²) in [6, 6.07) is 12.8. The van der Waals surface area contributed by atoms with Crippen LogP contribution in [0.2, 0.25) is 0 Å². The lowest BCUT2D eigenvalue weighted by Gasteiger charge is -2.24. The molecule has 3 rings (SSSR count). The van der Waals surface area contributed by atoms with Crippen LogP contribution in [0, 0.1) is 0 Å². The first-order valence-electron chi connectivity index (χ1n) is 10.4. The number of nitrogens with two attached hydrogens (primary N) is 1. The van der Waals surface area contributed by atoms with Crippen molar-refractivity contribution in [1.82, 2.24) is 5.32 Å². The van der Waals surface area contributed by atoms with E-state index < -0.39 is 12.1 Å². The molecule has 0 aliphatic carbocycles. The second kappa shape index (κ2) is 11.0. The molecular weight excluding hydrogens is 382 g/mol. The molecule has 1 aliphatic rings. The number of carbonyl (C=O) groups excluding carboxylic acids is 1. The van der Waals surface area contributed by atoms with Gasteiger partial charge in [0.1, 0.15) is 5.75 Å². The van der Waals surface area contributed by atoms with E-state index in [0.29, 0.717) is 25.2 Å². The van der Waals surface area contributed by atoms with Crippen molar-refractivity contribution < 1.29 is 19.4 Å². The number of nitrogens with one attached hydrogen (secondary N) is 2. The summed E-state index contributed by atoms with van der Waals surface area (Å²) in [5.74, 6) is 0.530. The van der Waals surface area contributed by atoms with Gasteiger partial charge >= 0.3 is 0 Å². The molecule has 0 spiro atoms. The molecule has 0 aromatic heterocycles. The maximum absolute atomic E-state index is 13.0. The summed E-state index contributed by atoms with van der Waals surface area (Å²) in [4.78, 5) is 13.0. The van der Waals surface area contributed by atoms with E-state index in [-0.39, 0.29) is 12.5 Å². The zero-order valence-corrected chi connectivity index (χ0v) is 17.4. The molecular formula is C23H31N3O4. The topological polar surface area (TPSA) is 106 Å². The minimum atomic E-state index is -0.864. The molecule has 0 unspecified atom stereocenters. The number of fused-ring (bicyclic) bond motifs is 4. The molecule has 30 heavy (non-hydrogen) atoms. The quantitative estimate of drug-likeness (QED) is 0.612. The van der Waals surface area contributed by atoms with Crippen molar-refractivity contribution in [3.63, 3.8) is 0 Å². The third-order valence-electron chi connectivity index (χ3n) is 5.11. The zero-order valence-electron chi connectivity index (χ0n) is 17.4. The van der Waals surface area contributed by atoms with Crippen LogP contribution in [0.4, 0.5) is 5.69 Å². The third-order valence-corrected chi connectivity index (χ3v) is 5.11. The predicted octanol–water partition coefficient (Wildman–Crippen LogP) is 2.08. The van der Waals surface area contributed by atoms with Gasteiger partial charge in [-0.1, -0.05) is 12.1 Å². The number of hydrogen-bond acceptors (Lipinski definition) is 6. The van der Waals surface area contributed by atoms with Crippen molar-refractivity contribution in [2.45, 2.75) is 38.0 Å². The van der Waals surface area contributed by atoms with Crippen LogP contribution >= 0.6 is 0 Å². The first-order valence-corrected chi connectivity index (χ1v) is 10.4. The average Bonchev–Trinajstić information content (AvgIpc) is 2.75. The molecule has 162 valence electrons. The Morgan fingerprint density at radius 2 is 2.13 bits per heavy atom. The van der Waals surface area contributed by atoms with E-state index in [9.17, 15) is 9.90 Å². The molecule has 0 saturated carbocycles. The van der Waals surface area contributed by atoms with Crippen molar-refractivity contribution in [2.24, 2.45) is 5.73 Å². The van der Waals surface area contributed by atoms with E-state index in [1.54, 1.807) is 7.11 Å². The predicted molar refractivity (Wildman–Crippen MR) is 117 cm³/mol. The fraction of sp³-hybridized carbons (Fsp3) is 0.435. The molecule has 2 aromatic rings. The number of hydrogen-bond donors (Lipinski definition) is 4. The standard InChI is InChI=1S/C23H31N3O4/c1-29-15-17-9-18-13-19(10-17)25-7-2-3-8-30-20-6-4-5-16(11-20)12-21(22(27)14-24)26-23(18)28/h4-6,9-11,13,21-22,25,27H,2-3,7-8,12,14-15,24H2,1H3,(H,26,28)/t21-,22+/m0/s1. The molecule has 7 nitrogen and oxygen atoms in total. The summed E-state index contributed by atoms with van der Waals surface area (Å²) in [5.41, 5.74) is 8.95. The van der Waals surface area contributed by atoms with E-state index in [1.807, 2.05) is 42.5 Å². The Morgan fingerprint density at radius 1 is 1.27 bits per heavy atom. The zero-order chi connectivity index (χ0) is 21.3. The van der Waals surface area contributed by atoms with Gasteiger partial charge in [0.25, 0.3) is 5.91 Å². The normalized spacial score (nSPS) is 18.6. The van der Waals surface area contributed by atoms with Crippen LogP contribution in [0.15, 0.2) is 42.5 Å². The fourth-order valence-electron chi connectivity index (χ4n) is 3.54. The number of ether oxygens (including phenoxy) is 2. The van der Waals surface area contributed by atoms with Crippen molar-refractivity contribution >= 4 is 11.6 Å². The minimum Gasteiger partial charge on any atom is -0.494 e. The highest BCUT2D eigenvalue weighted by atomic mass is 16.5.